The molecule has 14 heavy (non-hydrogen) atoms. The van der Waals surface area contributed by atoms with Crippen LogP contribution in [-0.2, 0) is 19.1 Å². The first-order chi connectivity index (χ1) is 6.66. The molecule has 0 unspecified atom stereocenters. The molecule has 0 fully saturated rings. The zero-order valence-electron chi connectivity index (χ0n) is 7.51. The van der Waals surface area contributed by atoms with E-state index in [1.165, 1.54) is 0 Å². The van der Waals surface area contributed by atoms with Crippen molar-refractivity contribution in [3.05, 3.63) is 12.2 Å². The van der Waals surface area contributed by atoms with E-state index >= 15 is 0 Å². The minimum absolute atomic E-state index is 0.0305. The molecule has 0 spiro atoms. The van der Waals surface area contributed by atoms with Crippen LogP contribution in [-0.4, -0.2) is 48.6 Å². The SMILES string of the molecule is O=C(O)/C=C/C(=O)OCCOCCO. The average Bonchev–Trinajstić information content (AvgIpc) is 2.14. The highest BCUT2D eigenvalue weighted by Gasteiger charge is 1.97. The number of carbonyl (C=O) groups is 2. The number of esters is 1. The molecule has 2 N–H and O–H groups in total. The fraction of sp³-hybridized carbons (Fsp3) is 0.500. The monoisotopic (exact) mass is 204 g/mol. The lowest BCUT2D eigenvalue weighted by molar-refractivity contribution is -0.140. The molecule has 0 saturated heterocycles. The van der Waals surface area contributed by atoms with Gasteiger partial charge in [-0.05, 0) is 0 Å². The number of ether oxygens (including phenoxy) is 2. The molecule has 0 aliphatic rings. The summed E-state index contributed by atoms with van der Waals surface area (Å²) in [6.07, 6.45) is 1.51. The van der Waals surface area contributed by atoms with Gasteiger partial charge in [0.25, 0.3) is 0 Å². The highest BCUT2D eigenvalue weighted by Crippen LogP contribution is 1.83. The number of aliphatic carboxylic acids is 1. The van der Waals surface area contributed by atoms with Gasteiger partial charge in [-0.1, -0.05) is 0 Å². The summed E-state index contributed by atoms with van der Waals surface area (Å²) in [6.45, 7) is 0.297. The van der Waals surface area contributed by atoms with Crippen molar-refractivity contribution < 1.29 is 29.3 Å². The van der Waals surface area contributed by atoms with Gasteiger partial charge in [0, 0.05) is 12.2 Å². The molecule has 0 aromatic carbocycles. The second-order valence-electron chi connectivity index (χ2n) is 2.18. The molecule has 80 valence electrons. The second-order valence-corrected chi connectivity index (χ2v) is 2.18. The van der Waals surface area contributed by atoms with Crippen molar-refractivity contribution >= 4 is 11.9 Å². The van der Waals surface area contributed by atoms with Gasteiger partial charge in [0.05, 0.1) is 19.8 Å². The molecule has 0 saturated carbocycles. The van der Waals surface area contributed by atoms with Gasteiger partial charge >= 0.3 is 11.9 Å². The van der Waals surface area contributed by atoms with Gasteiger partial charge in [0.2, 0.25) is 0 Å². The Bertz CT molecular complexity index is 210. The van der Waals surface area contributed by atoms with E-state index < -0.39 is 11.9 Å². The van der Waals surface area contributed by atoms with Crippen molar-refractivity contribution in [1.29, 1.82) is 0 Å². The third-order valence-corrected chi connectivity index (χ3v) is 1.07. The minimum atomic E-state index is -1.21. The standard InChI is InChI=1S/C8H12O6/c9-3-4-13-5-6-14-8(12)2-1-7(10)11/h1-2,9H,3-6H2,(H,10,11)/b2-1+. The van der Waals surface area contributed by atoms with Crippen LogP contribution < -0.4 is 0 Å². The second kappa shape index (κ2) is 8.21. The van der Waals surface area contributed by atoms with Crippen LogP contribution >= 0.6 is 0 Å². The third kappa shape index (κ3) is 8.69. The van der Waals surface area contributed by atoms with E-state index in [-0.39, 0.29) is 26.4 Å². The number of carboxylic acid groups (broad SMARTS) is 1. The van der Waals surface area contributed by atoms with E-state index in [0.717, 1.165) is 6.08 Å². The molecule has 0 aliphatic heterocycles. The summed E-state index contributed by atoms with van der Waals surface area (Å²) < 4.78 is 9.33. The Hall–Kier alpha value is -1.40. The van der Waals surface area contributed by atoms with Crippen molar-refractivity contribution in [2.75, 3.05) is 26.4 Å². The first-order valence-electron chi connectivity index (χ1n) is 3.93. The Labute approximate surface area is 80.7 Å². The van der Waals surface area contributed by atoms with Gasteiger partial charge in [-0.2, -0.15) is 0 Å². The van der Waals surface area contributed by atoms with Gasteiger partial charge in [0.1, 0.15) is 6.61 Å². The first-order valence-corrected chi connectivity index (χ1v) is 3.93. The smallest absolute Gasteiger partial charge is 0.331 e. The summed E-state index contributed by atoms with van der Waals surface area (Å²) in [5.41, 5.74) is 0. The molecule has 0 bridgehead atoms. The number of carbonyl (C=O) groups excluding carboxylic acids is 1. The number of aliphatic hydroxyl groups excluding tert-OH is 1. The number of carboxylic acids is 1. The van der Waals surface area contributed by atoms with Crippen LogP contribution in [0.25, 0.3) is 0 Å². The fourth-order valence-corrected chi connectivity index (χ4v) is 0.555. The summed E-state index contributed by atoms with van der Waals surface area (Å²) in [7, 11) is 0. The number of hydrogen-bond acceptors (Lipinski definition) is 5. The molecular formula is C8H12O6. The van der Waals surface area contributed by atoms with Gasteiger partial charge in [0.15, 0.2) is 0 Å². The number of rotatable bonds is 7. The molecule has 0 atom stereocenters. The van der Waals surface area contributed by atoms with E-state index in [1.807, 2.05) is 0 Å². The fourth-order valence-electron chi connectivity index (χ4n) is 0.555. The van der Waals surface area contributed by atoms with Gasteiger partial charge in [-0.3, -0.25) is 0 Å². The maximum absolute atomic E-state index is 10.7. The highest BCUT2D eigenvalue weighted by atomic mass is 16.6. The van der Waals surface area contributed by atoms with Crippen LogP contribution in [0.1, 0.15) is 0 Å². The third-order valence-electron chi connectivity index (χ3n) is 1.07. The maximum Gasteiger partial charge on any atom is 0.331 e. The van der Waals surface area contributed by atoms with Crippen LogP contribution in [0.3, 0.4) is 0 Å². The van der Waals surface area contributed by atoms with Crippen molar-refractivity contribution in [2.45, 2.75) is 0 Å². The van der Waals surface area contributed by atoms with Crippen LogP contribution in [0.2, 0.25) is 0 Å². The molecule has 0 rings (SSSR count). The average molecular weight is 204 g/mol. The van der Waals surface area contributed by atoms with Crippen LogP contribution in [0.5, 0.6) is 0 Å². The van der Waals surface area contributed by atoms with E-state index in [4.69, 9.17) is 14.9 Å². The normalized spacial score (nSPS) is 10.4. The van der Waals surface area contributed by atoms with Gasteiger partial charge in [-0.15, -0.1) is 0 Å². The van der Waals surface area contributed by atoms with Gasteiger partial charge < -0.3 is 19.7 Å². The molecule has 0 radical (unpaired) electrons. The summed E-state index contributed by atoms with van der Waals surface area (Å²) in [5.74, 6) is -1.95. The van der Waals surface area contributed by atoms with E-state index in [2.05, 4.69) is 4.74 Å². The predicted octanol–water partition coefficient (Wildman–Crippen LogP) is -0.821. The molecule has 6 nitrogen and oxygen atoms in total. The lowest BCUT2D eigenvalue weighted by Crippen LogP contribution is -2.10. The van der Waals surface area contributed by atoms with Crippen LogP contribution in [0, 0.1) is 0 Å². The van der Waals surface area contributed by atoms with Gasteiger partial charge in [-0.25, -0.2) is 9.59 Å². The number of aliphatic hydroxyl groups is 1. The van der Waals surface area contributed by atoms with Crippen molar-refractivity contribution in [2.24, 2.45) is 0 Å². The van der Waals surface area contributed by atoms with Crippen molar-refractivity contribution in [1.82, 2.24) is 0 Å². The summed E-state index contributed by atoms with van der Waals surface area (Å²) in [4.78, 5) is 20.7. The summed E-state index contributed by atoms with van der Waals surface area (Å²) in [5, 5.41) is 16.5. The Balaban J connectivity index is 3.40. The Kier molecular flexibility index (Phi) is 7.39. The van der Waals surface area contributed by atoms with E-state index in [1.54, 1.807) is 0 Å². The van der Waals surface area contributed by atoms with E-state index in [9.17, 15) is 9.59 Å². The largest absolute Gasteiger partial charge is 0.478 e. The Morgan fingerprint density at radius 2 is 1.86 bits per heavy atom. The molecule has 0 aliphatic carbocycles. The highest BCUT2D eigenvalue weighted by molar-refractivity contribution is 5.90. The lowest BCUT2D eigenvalue weighted by atomic mass is 10.5. The molecular weight excluding hydrogens is 192 g/mol. The minimum Gasteiger partial charge on any atom is -0.478 e. The summed E-state index contributed by atoms with van der Waals surface area (Å²) in [6, 6.07) is 0. The topological polar surface area (TPSA) is 93.1 Å². The molecule has 0 heterocycles. The Morgan fingerprint density at radius 1 is 1.14 bits per heavy atom. The molecule has 0 aromatic rings. The summed E-state index contributed by atoms with van der Waals surface area (Å²) >= 11 is 0. The first kappa shape index (κ1) is 12.6. The van der Waals surface area contributed by atoms with Crippen LogP contribution in [0.15, 0.2) is 12.2 Å². The lowest BCUT2D eigenvalue weighted by Gasteiger charge is -2.01. The van der Waals surface area contributed by atoms with Crippen LogP contribution in [0.4, 0.5) is 0 Å². The van der Waals surface area contributed by atoms with Crippen molar-refractivity contribution in [3.8, 4) is 0 Å². The molecule has 6 heteroatoms. The maximum atomic E-state index is 10.7. The quantitative estimate of drug-likeness (QED) is 0.319. The Morgan fingerprint density at radius 3 is 2.43 bits per heavy atom. The molecule has 0 aromatic heterocycles. The molecule has 0 amide bonds. The van der Waals surface area contributed by atoms with E-state index in [0.29, 0.717) is 6.08 Å². The zero-order chi connectivity index (χ0) is 10.8. The van der Waals surface area contributed by atoms with Crippen molar-refractivity contribution in [3.63, 3.8) is 0 Å². The number of hydrogen-bond donors (Lipinski definition) is 2. The predicted molar refractivity (Wildman–Crippen MR) is 45.6 cm³/mol. The zero-order valence-corrected chi connectivity index (χ0v) is 7.51.